The van der Waals surface area contributed by atoms with Crippen molar-refractivity contribution in [3.63, 3.8) is 0 Å². The summed E-state index contributed by atoms with van der Waals surface area (Å²) in [7, 11) is 0. The highest BCUT2D eigenvalue weighted by Gasteiger charge is 2.14. The summed E-state index contributed by atoms with van der Waals surface area (Å²) in [5, 5.41) is 3.78. The molecule has 98 valence electrons. The molecule has 2 rings (SSSR count). The predicted octanol–water partition coefficient (Wildman–Crippen LogP) is 4.48. The van der Waals surface area contributed by atoms with Gasteiger partial charge in [0, 0.05) is 5.02 Å². The van der Waals surface area contributed by atoms with Crippen LogP contribution in [0.1, 0.15) is 28.9 Å². The SMILES string of the molecule is C[C@@H](NC(=O)c1cc(Cl)ccc1Cl)c1ccccc1. The second kappa shape index (κ2) is 6.09. The lowest BCUT2D eigenvalue weighted by atomic mass is 10.1. The number of halogens is 2. The summed E-state index contributed by atoms with van der Waals surface area (Å²) in [6.45, 7) is 1.92. The molecule has 0 fully saturated rings. The number of carbonyl (C=O) groups is 1. The maximum absolute atomic E-state index is 12.1. The highest BCUT2D eigenvalue weighted by molar-refractivity contribution is 6.35. The van der Waals surface area contributed by atoms with Crippen LogP contribution in [0, 0.1) is 0 Å². The molecule has 1 N–H and O–H groups in total. The van der Waals surface area contributed by atoms with E-state index in [0.29, 0.717) is 15.6 Å². The van der Waals surface area contributed by atoms with Gasteiger partial charge < -0.3 is 5.32 Å². The molecule has 19 heavy (non-hydrogen) atoms. The van der Waals surface area contributed by atoms with Crippen LogP contribution >= 0.6 is 23.2 Å². The number of amides is 1. The summed E-state index contributed by atoms with van der Waals surface area (Å²) < 4.78 is 0. The van der Waals surface area contributed by atoms with Crippen LogP contribution < -0.4 is 5.32 Å². The Morgan fingerprint density at radius 2 is 1.79 bits per heavy atom. The van der Waals surface area contributed by atoms with Crippen LogP contribution in [0.15, 0.2) is 48.5 Å². The first-order valence-electron chi connectivity index (χ1n) is 5.89. The lowest BCUT2D eigenvalue weighted by Gasteiger charge is -2.15. The molecule has 0 aliphatic rings. The maximum atomic E-state index is 12.1. The number of benzene rings is 2. The summed E-state index contributed by atoms with van der Waals surface area (Å²) in [5.41, 5.74) is 1.42. The average Bonchev–Trinajstić information content (AvgIpc) is 2.42. The van der Waals surface area contributed by atoms with Crippen LogP contribution in [-0.2, 0) is 0 Å². The fourth-order valence-corrected chi connectivity index (χ4v) is 2.15. The van der Waals surface area contributed by atoms with Gasteiger partial charge in [0.25, 0.3) is 5.91 Å². The van der Waals surface area contributed by atoms with Gasteiger partial charge >= 0.3 is 0 Å². The van der Waals surface area contributed by atoms with Gasteiger partial charge in [-0.3, -0.25) is 4.79 Å². The molecule has 0 saturated heterocycles. The molecular weight excluding hydrogens is 281 g/mol. The molecule has 0 aliphatic heterocycles. The van der Waals surface area contributed by atoms with Crippen molar-refractivity contribution >= 4 is 29.1 Å². The van der Waals surface area contributed by atoms with Gasteiger partial charge in [-0.2, -0.15) is 0 Å². The van der Waals surface area contributed by atoms with E-state index in [-0.39, 0.29) is 11.9 Å². The predicted molar refractivity (Wildman–Crippen MR) is 78.8 cm³/mol. The molecule has 0 aromatic heterocycles. The van der Waals surface area contributed by atoms with Gasteiger partial charge in [-0.15, -0.1) is 0 Å². The van der Waals surface area contributed by atoms with E-state index in [1.165, 1.54) is 0 Å². The molecular formula is C15H13Cl2NO. The Morgan fingerprint density at radius 3 is 2.47 bits per heavy atom. The minimum Gasteiger partial charge on any atom is -0.345 e. The number of nitrogens with one attached hydrogen (secondary N) is 1. The molecule has 0 bridgehead atoms. The smallest absolute Gasteiger partial charge is 0.253 e. The molecule has 0 radical (unpaired) electrons. The van der Waals surface area contributed by atoms with Gasteiger partial charge in [0.15, 0.2) is 0 Å². The van der Waals surface area contributed by atoms with E-state index in [0.717, 1.165) is 5.56 Å². The summed E-state index contributed by atoms with van der Waals surface area (Å²) in [4.78, 5) is 12.1. The Hall–Kier alpha value is -1.51. The lowest BCUT2D eigenvalue weighted by molar-refractivity contribution is 0.0940. The van der Waals surface area contributed by atoms with Gasteiger partial charge in [-0.1, -0.05) is 53.5 Å². The maximum Gasteiger partial charge on any atom is 0.253 e. The lowest BCUT2D eigenvalue weighted by Crippen LogP contribution is -2.26. The summed E-state index contributed by atoms with van der Waals surface area (Å²) >= 11 is 11.9. The van der Waals surface area contributed by atoms with E-state index in [1.807, 2.05) is 37.3 Å². The number of hydrogen-bond acceptors (Lipinski definition) is 1. The number of rotatable bonds is 3. The minimum atomic E-state index is -0.233. The standard InChI is InChI=1S/C15H13Cl2NO/c1-10(11-5-3-2-4-6-11)18-15(19)13-9-12(16)7-8-14(13)17/h2-10H,1H3,(H,18,19)/t10-/m1/s1. The van der Waals surface area contributed by atoms with Crippen molar-refractivity contribution in [3.05, 3.63) is 69.7 Å². The Kier molecular flexibility index (Phi) is 4.46. The van der Waals surface area contributed by atoms with Crippen LogP contribution in [-0.4, -0.2) is 5.91 Å². The molecule has 4 heteroatoms. The van der Waals surface area contributed by atoms with E-state index in [9.17, 15) is 4.79 Å². The third-order valence-electron chi connectivity index (χ3n) is 2.82. The van der Waals surface area contributed by atoms with Gasteiger partial charge in [0.2, 0.25) is 0 Å². The van der Waals surface area contributed by atoms with Gasteiger partial charge in [0.05, 0.1) is 16.6 Å². The third-order valence-corrected chi connectivity index (χ3v) is 3.38. The average molecular weight is 294 g/mol. The third kappa shape index (κ3) is 3.49. The van der Waals surface area contributed by atoms with Crippen LogP contribution in [0.4, 0.5) is 0 Å². The fourth-order valence-electron chi connectivity index (χ4n) is 1.77. The normalized spacial score (nSPS) is 11.9. The van der Waals surface area contributed by atoms with Crippen LogP contribution in [0.2, 0.25) is 10.0 Å². The fraction of sp³-hybridized carbons (Fsp3) is 0.133. The van der Waals surface area contributed by atoms with E-state index in [1.54, 1.807) is 18.2 Å². The van der Waals surface area contributed by atoms with Gasteiger partial charge in [-0.05, 0) is 30.7 Å². The van der Waals surface area contributed by atoms with Crippen molar-refractivity contribution in [2.45, 2.75) is 13.0 Å². The van der Waals surface area contributed by atoms with E-state index in [2.05, 4.69) is 5.32 Å². The first-order valence-corrected chi connectivity index (χ1v) is 6.64. The van der Waals surface area contributed by atoms with Crippen molar-refractivity contribution in [2.24, 2.45) is 0 Å². The first kappa shape index (κ1) is 13.9. The molecule has 1 atom stereocenters. The van der Waals surface area contributed by atoms with E-state index < -0.39 is 0 Å². The molecule has 2 aromatic carbocycles. The van der Waals surface area contributed by atoms with Crippen molar-refractivity contribution in [2.75, 3.05) is 0 Å². The van der Waals surface area contributed by atoms with Gasteiger partial charge in [-0.25, -0.2) is 0 Å². The highest BCUT2D eigenvalue weighted by Crippen LogP contribution is 2.21. The highest BCUT2D eigenvalue weighted by atomic mass is 35.5. The molecule has 1 amide bonds. The monoisotopic (exact) mass is 293 g/mol. The van der Waals surface area contributed by atoms with Crippen molar-refractivity contribution < 1.29 is 4.79 Å². The quantitative estimate of drug-likeness (QED) is 0.888. The molecule has 0 saturated carbocycles. The van der Waals surface area contributed by atoms with E-state index >= 15 is 0 Å². The summed E-state index contributed by atoms with van der Waals surface area (Å²) in [6, 6.07) is 14.5. The zero-order chi connectivity index (χ0) is 13.8. The Labute approximate surface area is 122 Å². The van der Waals surface area contributed by atoms with Gasteiger partial charge in [0.1, 0.15) is 0 Å². The summed E-state index contributed by atoms with van der Waals surface area (Å²) in [5.74, 6) is -0.233. The second-order valence-electron chi connectivity index (χ2n) is 4.23. The first-order chi connectivity index (χ1) is 9.08. The van der Waals surface area contributed by atoms with Crippen molar-refractivity contribution in [1.82, 2.24) is 5.32 Å². The Balaban J connectivity index is 2.15. The molecule has 0 spiro atoms. The zero-order valence-corrected chi connectivity index (χ0v) is 11.9. The van der Waals surface area contributed by atoms with Crippen molar-refractivity contribution in [1.29, 1.82) is 0 Å². The Bertz CT molecular complexity index is 584. The molecule has 2 aromatic rings. The van der Waals surface area contributed by atoms with E-state index in [4.69, 9.17) is 23.2 Å². The second-order valence-corrected chi connectivity index (χ2v) is 5.07. The van der Waals surface area contributed by atoms with Crippen LogP contribution in [0.25, 0.3) is 0 Å². The van der Waals surface area contributed by atoms with Crippen molar-refractivity contribution in [3.8, 4) is 0 Å². The molecule has 2 nitrogen and oxygen atoms in total. The largest absolute Gasteiger partial charge is 0.345 e. The molecule has 0 unspecified atom stereocenters. The Morgan fingerprint density at radius 1 is 1.11 bits per heavy atom. The topological polar surface area (TPSA) is 29.1 Å². The number of carbonyl (C=O) groups excluding carboxylic acids is 1. The zero-order valence-electron chi connectivity index (χ0n) is 10.4. The van der Waals surface area contributed by atoms with Crippen LogP contribution in [0.3, 0.4) is 0 Å². The molecule has 0 aliphatic carbocycles. The summed E-state index contributed by atoms with van der Waals surface area (Å²) in [6.07, 6.45) is 0. The number of hydrogen-bond donors (Lipinski definition) is 1. The van der Waals surface area contributed by atoms with Crippen LogP contribution in [0.5, 0.6) is 0 Å². The molecule has 0 heterocycles. The minimum absolute atomic E-state index is 0.0938.